The van der Waals surface area contributed by atoms with E-state index in [1.54, 1.807) is 0 Å². The van der Waals surface area contributed by atoms with Crippen molar-refractivity contribution in [2.45, 2.75) is 45.6 Å². The number of nitrogens with one attached hydrogen (secondary N) is 1. The number of pyridine rings is 1. The molecule has 1 saturated carbocycles. The molecule has 0 amide bonds. The molecule has 0 radical (unpaired) electrons. The smallest absolute Gasteiger partial charge is 0.0637 e. The molecule has 0 bridgehead atoms. The van der Waals surface area contributed by atoms with Crippen molar-refractivity contribution in [2.75, 3.05) is 0 Å². The number of hydrazine groups is 1. The predicted molar refractivity (Wildman–Crippen MR) is 65.7 cm³/mol. The zero-order valence-electron chi connectivity index (χ0n) is 10.2. The van der Waals surface area contributed by atoms with Gasteiger partial charge < -0.3 is 0 Å². The van der Waals surface area contributed by atoms with Gasteiger partial charge in [0.15, 0.2) is 0 Å². The molecule has 1 aliphatic carbocycles. The van der Waals surface area contributed by atoms with Crippen LogP contribution in [0.3, 0.4) is 0 Å². The third-order valence-electron chi connectivity index (χ3n) is 3.58. The maximum atomic E-state index is 5.65. The van der Waals surface area contributed by atoms with E-state index in [-0.39, 0.29) is 6.04 Å². The fourth-order valence-corrected chi connectivity index (χ4v) is 2.41. The molecular weight excluding hydrogens is 198 g/mol. The van der Waals surface area contributed by atoms with E-state index in [1.807, 2.05) is 6.20 Å². The molecule has 3 N–H and O–H groups in total. The lowest BCUT2D eigenvalue weighted by atomic mass is 9.80. The first-order valence-corrected chi connectivity index (χ1v) is 6.10. The van der Waals surface area contributed by atoms with Crippen molar-refractivity contribution in [3.05, 3.63) is 29.1 Å². The number of aryl methyl sites for hydroxylation is 2. The SMILES string of the molecule is Cc1cnc(C(CC2CCC2)NN)c(C)c1. The van der Waals surface area contributed by atoms with Crippen LogP contribution in [0.15, 0.2) is 12.3 Å². The van der Waals surface area contributed by atoms with Gasteiger partial charge in [0.25, 0.3) is 0 Å². The van der Waals surface area contributed by atoms with Gasteiger partial charge in [-0.1, -0.05) is 25.3 Å². The Hall–Kier alpha value is -0.930. The fourth-order valence-electron chi connectivity index (χ4n) is 2.41. The van der Waals surface area contributed by atoms with Gasteiger partial charge in [0.1, 0.15) is 0 Å². The molecule has 1 aliphatic rings. The van der Waals surface area contributed by atoms with Crippen LogP contribution in [-0.4, -0.2) is 4.98 Å². The largest absolute Gasteiger partial charge is 0.271 e. The lowest BCUT2D eigenvalue weighted by molar-refractivity contribution is 0.259. The molecule has 3 heteroatoms. The lowest BCUT2D eigenvalue weighted by Crippen LogP contribution is -2.32. The summed E-state index contributed by atoms with van der Waals surface area (Å²) < 4.78 is 0. The van der Waals surface area contributed by atoms with Crippen LogP contribution in [0.5, 0.6) is 0 Å². The van der Waals surface area contributed by atoms with Crippen molar-refractivity contribution in [3.63, 3.8) is 0 Å². The first-order valence-electron chi connectivity index (χ1n) is 6.10. The number of nitrogens with two attached hydrogens (primary N) is 1. The van der Waals surface area contributed by atoms with Crippen LogP contribution in [-0.2, 0) is 0 Å². The predicted octanol–water partition coefficient (Wildman–Crippen LogP) is 2.39. The minimum Gasteiger partial charge on any atom is -0.271 e. The molecule has 3 nitrogen and oxygen atoms in total. The Kier molecular flexibility index (Phi) is 3.56. The Morgan fingerprint density at radius 3 is 2.75 bits per heavy atom. The summed E-state index contributed by atoms with van der Waals surface area (Å²) in [5, 5.41) is 0. The van der Waals surface area contributed by atoms with Crippen LogP contribution in [0.1, 0.15) is 48.5 Å². The molecule has 1 fully saturated rings. The summed E-state index contributed by atoms with van der Waals surface area (Å²) in [5.41, 5.74) is 6.47. The number of rotatable bonds is 4. The number of nitrogens with zero attached hydrogens (tertiary/aromatic N) is 1. The van der Waals surface area contributed by atoms with Gasteiger partial charge in [-0.2, -0.15) is 0 Å². The summed E-state index contributed by atoms with van der Waals surface area (Å²) in [6.07, 6.45) is 7.12. The Labute approximate surface area is 97.4 Å². The molecular formula is C13H21N3. The summed E-state index contributed by atoms with van der Waals surface area (Å²) in [4.78, 5) is 4.52. The second-order valence-corrected chi connectivity index (χ2v) is 4.97. The van der Waals surface area contributed by atoms with Gasteiger partial charge in [-0.25, -0.2) is 0 Å². The number of aromatic nitrogens is 1. The summed E-state index contributed by atoms with van der Waals surface area (Å²) in [7, 11) is 0. The van der Waals surface area contributed by atoms with Crippen LogP contribution >= 0.6 is 0 Å². The molecule has 1 heterocycles. The summed E-state index contributed by atoms with van der Waals surface area (Å²) >= 11 is 0. The Morgan fingerprint density at radius 2 is 2.25 bits per heavy atom. The van der Waals surface area contributed by atoms with E-state index < -0.39 is 0 Å². The number of hydrogen-bond acceptors (Lipinski definition) is 3. The van der Waals surface area contributed by atoms with Gasteiger partial charge in [0, 0.05) is 6.20 Å². The van der Waals surface area contributed by atoms with Crippen LogP contribution in [0.2, 0.25) is 0 Å². The average Bonchev–Trinajstić information content (AvgIpc) is 2.18. The topological polar surface area (TPSA) is 50.9 Å². The highest BCUT2D eigenvalue weighted by molar-refractivity contribution is 5.25. The molecule has 16 heavy (non-hydrogen) atoms. The van der Waals surface area contributed by atoms with Gasteiger partial charge in [-0.3, -0.25) is 16.3 Å². The zero-order chi connectivity index (χ0) is 11.5. The van der Waals surface area contributed by atoms with Gasteiger partial charge in [-0.15, -0.1) is 0 Å². The van der Waals surface area contributed by atoms with E-state index >= 15 is 0 Å². The van der Waals surface area contributed by atoms with Crippen molar-refractivity contribution in [1.82, 2.24) is 10.4 Å². The molecule has 0 aliphatic heterocycles. The molecule has 0 spiro atoms. The van der Waals surface area contributed by atoms with E-state index in [4.69, 9.17) is 5.84 Å². The molecule has 0 aromatic carbocycles. The molecule has 2 rings (SSSR count). The molecule has 88 valence electrons. The number of hydrogen-bond donors (Lipinski definition) is 2. The normalized spacial score (nSPS) is 18.2. The fraction of sp³-hybridized carbons (Fsp3) is 0.615. The third kappa shape index (κ3) is 2.42. The summed E-state index contributed by atoms with van der Waals surface area (Å²) in [6.45, 7) is 4.18. The highest BCUT2D eigenvalue weighted by Gasteiger charge is 2.23. The van der Waals surface area contributed by atoms with E-state index in [0.717, 1.165) is 18.0 Å². The van der Waals surface area contributed by atoms with Crippen molar-refractivity contribution >= 4 is 0 Å². The highest BCUT2D eigenvalue weighted by Crippen LogP contribution is 2.34. The standard InChI is InChI=1S/C13H21N3/c1-9-6-10(2)13(15-8-9)12(16-14)7-11-4-3-5-11/h6,8,11-12,16H,3-5,7,14H2,1-2H3. The van der Waals surface area contributed by atoms with Gasteiger partial charge >= 0.3 is 0 Å². The molecule has 0 saturated heterocycles. The van der Waals surface area contributed by atoms with E-state index in [9.17, 15) is 0 Å². The van der Waals surface area contributed by atoms with Crippen molar-refractivity contribution < 1.29 is 0 Å². The van der Waals surface area contributed by atoms with Gasteiger partial charge in [0.05, 0.1) is 11.7 Å². The van der Waals surface area contributed by atoms with Crippen LogP contribution < -0.4 is 11.3 Å². The first kappa shape index (κ1) is 11.6. The van der Waals surface area contributed by atoms with Gasteiger partial charge in [0.2, 0.25) is 0 Å². The van der Waals surface area contributed by atoms with Crippen LogP contribution in [0, 0.1) is 19.8 Å². The second-order valence-electron chi connectivity index (χ2n) is 4.97. The summed E-state index contributed by atoms with van der Waals surface area (Å²) in [5.74, 6) is 6.49. The molecule has 1 aromatic heterocycles. The minimum absolute atomic E-state index is 0.214. The Bertz CT molecular complexity index is 358. The minimum atomic E-state index is 0.214. The monoisotopic (exact) mass is 219 g/mol. The first-order chi connectivity index (χ1) is 7.70. The van der Waals surface area contributed by atoms with Crippen molar-refractivity contribution in [2.24, 2.45) is 11.8 Å². The Balaban J connectivity index is 2.11. The third-order valence-corrected chi connectivity index (χ3v) is 3.58. The van der Waals surface area contributed by atoms with Crippen molar-refractivity contribution in [1.29, 1.82) is 0 Å². The van der Waals surface area contributed by atoms with E-state index in [2.05, 4.69) is 30.3 Å². The summed E-state index contributed by atoms with van der Waals surface area (Å²) in [6, 6.07) is 2.39. The lowest BCUT2D eigenvalue weighted by Gasteiger charge is -2.29. The maximum absolute atomic E-state index is 5.65. The van der Waals surface area contributed by atoms with E-state index in [0.29, 0.717) is 0 Å². The quantitative estimate of drug-likeness (QED) is 0.604. The molecule has 1 atom stereocenters. The van der Waals surface area contributed by atoms with E-state index in [1.165, 1.54) is 30.4 Å². The molecule has 1 aromatic rings. The van der Waals surface area contributed by atoms with Crippen LogP contribution in [0.25, 0.3) is 0 Å². The average molecular weight is 219 g/mol. The van der Waals surface area contributed by atoms with Gasteiger partial charge in [-0.05, 0) is 37.3 Å². The Morgan fingerprint density at radius 1 is 1.50 bits per heavy atom. The van der Waals surface area contributed by atoms with Crippen molar-refractivity contribution in [3.8, 4) is 0 Å². The molecule has 1 unspecified atom stereocenters. The zero-order valence-corrected chi connectivity index (χ0v) is 10.2. The maximum Gasteiger partial charge on any atom is 0.0637 e. The highest BCUT2D eigenvalue weighted by atomic mass is 15.2. The van der Waals surface area contributed by atoms with Crippen LogP contribution in [0.4, 0.5) is 0 Å². The second kappa shape index (κ2) is 4.93.